The van der Waals surface area contributed by atoms with Gasteiger partial charge in [0.2, 0.25) is 5.91 Å². The summed E-state index contributed by atoms with van der Waals surface area (Å²) in [6, 6.07) is 0. The van der Waals surface area contributed by atoms with Crippen LogP contribution in [0, 0.1) is 5.92 Å². The zero-order valence-electron chi connectivity index (χ0n) is 9.79. The van der Waals surface area contributed by atoms with E-state index in [4.69, 9.17) is 0 Å². The van der Waals surface area contributed by atoms with E-state index in [0.717, 1.165) is 31.8 Å². The lowest BCUT2D eigenvalue weighted by atomic mass is 9.99. The van der Waals surface area contributed by atoms with Crippen molar-refractivity contribution in [3.8, 4) is 0 Å². The van der Waals surface area contributed by atoms with E-state index in [0.29, 0.717) is 19.3 Å². The smallest absolute Gasteiger partial charge is 0.222 e. The summed E-state index contributed by atoms with van der Waals surface area (Å²) >= 11 is 0. The van der Waals surface area contributed by atoms with Crippen LogP contribution >= 0.6 is 0 Å². The number of likely N-dealkylation sites (tertiary alicyclic amines) is 1. The second-order valence-corrected chi connectivity index (χ2v) is 4.62. The highest BCUT2D eigenvalue weighted by molar-refractivity contribution is 5.78. The van der Waals surface area contributed by atoms with Crippen LogP contribution < -0.4 is 0 Å². The van der Waals surface area contributed by atoms with Crippen molar-refractivity contribution in [2.24, 2.45) is 5.92 Å². The van der Waals surface area contributed by atoms with E-state index >= 15 is 0 Å². The van der Waals surface area contributed by atoms with Gasteiger partial charge >= 0.3 is 0 Å². The molecule has 1 aliphatic rings. The predicted octanol–water partition coefficient (Wildman–Crippen LogP) is 2.00. The minimum atomic E-state index is 0.176. The number of hydrogen-bond acceptors (Lipinski definition) is 2. The Bertz CT molecular complexity index is 230. The summed E-state index contributed by atoms with van der Waals surface area (Å²) in [7, 11) is 0. The van der Waals surface area contributed by atoms with E-state index in [1.165, 1.54) is 0 Å². The standard InChI is InChI=1S/C12H21NO2/c1-10-6-8-13(9-7-10)12(15)5-3-4-11(2)14/h10H,3-9H2,1-2H3. The van der Waals surface area contributed by atoms with Crippen molar-refractivity contribution in [3.63, 3.8) is 0 Å². The summed E-state index contributed by atoms with van der Waals surface area (Å²) in [5.41, 5.74) is 0. The number of piperidine rings is 1. The van der Waals surface area contributed by atoms with Crippen LogP contribution in [0.1, 0.15) is 46.0 Å². The summed E-state index contributed by atoms with van der Waals surface area (Å²) in [6.07, 6.45) is 4.03. The average Bonchev–Trinajstić information content (AvgIpc) is 2.18. The number of amides is 1. The van der Waals surface area contributed by atoms with Gasteiger partial charge in [-0.25, -0.2) is 0 Å². The Morgan fingerprint density at radius 1 is 1.20 bits per heavy atom. The molecule has 1 heterocycles. The molecule has 0 spiro atoms. The molecule has 0 aromatic rings. The molecule has 15 heavy (non-hydrogen) atoms. The van der Waals surface area contributed by atoms with E-state index in [-0.39, 0.29) is 11.7 Å². The molecule has 0 saturated carbocycles. The highest BCUT2D eigenvalue weighted by Crippen LogP contribution is 2.17. The van der Waals surface area contributed by atoms with Gasteiger partial charge in [-0.1, -0.05) is 6.92 Å². The molecule has 3 nitrogen and oxygen atoms in total. The van der Waals surface area contributed by atoms with E-state index in [1.807, 2.05) is 4.90 Å². The van der Waals surface area contributed by atoms with Gasteiger partial charge in [0.15, 0.2) is 0 Å². The minimum Gasteiger partial charge on any atom is -0.343 e. The molecule has 1 aliphatic heterocycles. The maximum Gasteiger partial charge on any atom is 0.222 e. The van der Waals surface area contributed by atoms with Crippen LogP contribution in [0.2, 0.25) is 0 Å². The van der Waals surface area contributed by atoms with E-state index in [1.54, 1.807) is 6.92 Å². The van der Waals surface area contributed by atoms with Gasteiger partial charge in [-0.3, -0.25) is 4.79 Å². The second kappa shape index (κ2) is 5.89. The molecule has 0 atom stereocenters. The maximum absolute atomic E-state index is 11.7. The van der Waals surface area contributed by atoms with E-state index in [2.05, 4.69) is 6.92 Å². The first-order chi connectivity index (χ1) is 7.09. The maximum atomic E-state index is 11.7. The van der Waals surface area contributed by atoms with Gasteiger partial charge in [-0.15, -0.1) is 0 Å². The molecular formula is C12H21NO2. The first-order valence-corrected chi connectivity index (χ1v) is 5.87. The molecule has 0 radical (unpaired) electrons. The fourth-order valence-electron chi connectivity index (χ4n) is 1.90. The third kappa shape index (κ3) is 4.45. The number of nitrogens with zero attached hydrogens (tertiary/aromatic N) is 1. The van der Waals surface area contributed by atoms with Crippen molar-refractivity contribution >= 4 is 11.7 Å². The molecule has 1 fully saturated rings. The Hall–Kier alpha value is -0.860. The van der Waals surface area contributed by atoms with Crippen LogP contribution in [0.5, 0.6) is 0 Å². The van der Waals surface area contributed by atoms with Crippen molar-refractivity contribution in [3.05, 3.63) is 0 Å². The molecule has 0 N–H and O–H groups in total. The van der Waals surface area contributed by atoms with Crippen LogP contribution in [-0.4, -0.2) is 29.7 Å². The monoisotopic (exact) mass is 211 g/mol. The number of Topliss-reactive ketones (excluding diaryl/α,β-unsaturated/α-hetero) is 1. The quantitative estimate of drug-likeness (QED) is 0.713. The Kier molecular flexibility index (Phi) is 4.79. The zero-order valence-corrected chi connectivity index (χ0v) is 9.79. The first kappa shape index (κ1) is 12.2. The summed E-state index contributed by atoms with van der Waals surface area (Å²) < 4.78 is 0. The van der Waals surface area contributed by atoms with Crippen LogP contribution in [0.4, 0.5) is 0 Å². The molecule has 0 unspecified atom stereocenters. The van der Waals surface area contributed by atoms with Gasteiger partial charge in [0, 0.05) is 25.9 Å². The average molecular weight is 211 g/mol. The minimum absolute atomic E-state index is 0.176. The molecule has 0 bridgehead atoms. The fourth-order valence-corrected chi connectivity index (χ4v) is 1.90. The van der Waals surface area contributed by atoms with E-state index in [9.17, 15) is 9.59 Å². The largest absolute Gasteiger partial charge is 0.343 e. The lowest BCUT2D eigenvalue weighted by molar-refractivity contribution is -0.132. The van der Waals surface area contributed by atoms with Crippen molar-refractivity contribution in [1.29, 1.82) is 0 Å². The van der Waals surface area contributed by atoms with Crippen molar-refractivity contribution < 1.29 is 9.59 Å². The molecule has 0 aromatic heterocycles. The van der Waals surface area contributed by atoms with Crippen LogP contribution in [0.15, 0.2) is 0 Å². The summed E-state index contributed by atoms with van der Waals surface area (Å²) in [6.45, 7) is 5.62. The van der Waals surface area contributed by atoms with Gasteiger partial charge in [0.05, 0.1) is 0 Å². The zero-order chi connectivity index (χ0) is 11.3. The molecule has 1 amide bonds. The number of carbonyl (C=O) groups excluding carboxylic acids is 2. The van der Waals surface area contributed by atoms with Gasteiger partial charge in [-0.05, 0) is 32.1 Å². The Morgan fingerprint density at radius 2 is 1.80 bits per heavy atom. The highest BCUT2D eigenvalue weighted by atomic mass is 16.2. The first-order valence-electron chi connectivity index (χ1n) is 5.87. The second-order valence-electron chi connectivity index (χ2n) is 4.62. The molecule has 1 rings (SSSR count). The molecule has 86 valence electrons. The summed E-state index contributed by atoms with van der Waals surface area (Å²) in [5.74, 6) is 1.16. The van der Waals surface area contributed by atoms with Crippen molar-refractivity contribution in [1.82, 2.24) is 4.90 Å². The molecule has 1 saturated heterocycles. The van der Waals surface area contributed by atoms with E-state index < -0.39 is 0 Å². The molecule has 0 aliphatic carbocycles. The molecular weight excluding hydrogens is 190 g/mol. The topological polar surface area (TPSA) is 37.4 Å². The number of ketones is 1. The summed E-state index contributed by atoms with van der Waals surface area (Å²) in [5, 5.41) is 0. The number of rotatable bonds is 4. The van der Waals surface area contributed by atoms with Crippen molar-refractivity contribution in [2.45, 2.75) is 46.0 Å². The SMILES string of the molecule is CC(=O)CCCC(=O)N1CCC(C)CC1. The van der Waals surface area contributed by atoms with Crippen LogP contribution in [-0.2, 0) is 9.59 Å². The summed E-state index contributed by atoms with van der Waals surface area (Å²) in [4.78, 5) is 24.4. The van der Waals surface area contributed by atoms with Crippen LogP contribution in [0.25, 0.3) is 0 Å². The normalized spacial score (nSPS) is 17.9. The third-order valence-corrected chi connectivity index (χ3v) is 3.06. The number of hydrogen-bond donors (Lipinski definition) is 0. The molecule has 0 aromatic carbocycles. The fraction of sp³-hybridized carbons (Fsp3) is 0.833. The third-order valence-electron chi connectivity index (χ3n) is 3.06. The Morgan fingerprint density at radius 3 is 2.33 bits per heavy atom. The van der Waals surface area contributed by atoms with Crippen molar-refractivity contribution in [2.75, 3.05) is 13.1 Å². The lowest BCUT2D eigenvalue weighted by Gasteiger charge is -2.30. The highest BCUT2D eigenvalue weighted by Gasteiger charge is 2.19. The van der Waals surface area contributed by atoms with Gasteiger partial charge in [0.25, 0.3) is 0 Å². The Labute approximate surface area is 91.8 Å². The van der Waals surface area contributed by atoms with Gasteiger partial charge < -0.3 is 9.69 Å². The Balaban J connectivity index is 2.19. The van der Waals surface area contributed by atoms with Crippen LogP contribution in [0.3, 0.4) is 0 Å². The van der Waals surface area contributed by atoms with Gasteiger partial charge in [-0.2, -0.15) is 0 Å². The number of carbonyl (C=O) groups is 2. The predicted molar refractivity (Wildman–Crippen MR) is 59.5 cm³/mol. The van der Waals surface area contributed by atoms with Gasteiger partial charge in [0.1, 0.15) is 5.78 Å². The lowest BCUT2D eigenvalue weighted by Crippen LogP contribution is -2.37. The molecule has 3 heteroatoms.